The van der Waals surface area contributed by atoms with Gasteiger partial charge in [0.2, 0.25) is 0 Å². The lowest BCUT2D eigenvalue weighted by Gasteiger charge is -2.56. The van der Waals surface area contributed by atoms with Crippen molar-refractivity contribution in [1.29, 1.82) is 0 Å². The van der Waals surface area contributed by atoms with Crippen LogP contribution in [0, 0.1) is 22.7 Å². The van der Waals surface area contributed by atoms with Crippen molar-refractivity contribution in [3.05, 3.63) is 35.8 Å². The van der Waals surface area contributed by atoms with Gasteiger partial charge >= 0.3 is 17.9 Å². The monoisotopic (exact) mass is 400 g/mol. The topological polar surface area (TPSA) is 92.0 Å². The van der Waals surface area contributed by atoms with E-state index in [0.717, 1.165) is 12.0 Å². The number of furan rings is 1. The molecule has 154 valence electrons. The lowest BCUT2D eigenvalue weighted by molar-refractivity contribution is -0.186. The number of hydrogen-bond acceptors (Lipinski definition) is 7. The fraction of sp³-hybridized carbons (Fsp3) is 0.591. The summed E-state index contributed by atoms with van der Waals surface area (Å²) in [5.41, 5.74) is -0.154. The molecular formula is C22H24O7. The van der Waals surface area contributed by atoms with Crippen molar-refractivity contribution in [2.45, 2.75) is 51.7 Å². The van der Waals surface area contributed by atoms with Crippen LogP contribution in [0.5, 0.6) is 0 Å². The number of rotatable bonds is 2. The Balaban J connectivity index is 1.62. The first kappa shape index (κ1) is 18.5. The summed E-state index contributed by atoms with van der Waals surface area (Å²) < 4.78 is 22.3. The van der Waals surface area contributed by atoms with E-state index in [9.17, 15) is 14.4 Å². The Hall–Kier alpha value is -2.57. The standard InChI is InChI=1S/C22H24O7/c1-12-8-18(28-13(2)23)22-11-27-19(24)15(22)4-3-5-17(22)21(12)9-16(29-20(21)25)14-6-7-26-10-14/h4,6-7,10,12,16-18H,3,5,8-9,11H2,1-2H3/t12-,16+,17-,18-,21-,22+/m1/s1. The van der Waals surface area contributed by atoms with Crippen molar-refractivity contribution in [3.8, 4) is 0 Å². The van der Waals surface area contributed by atoms with Crippen molar-refractivity contribution >= 4 is 17.9 Å². The molecule has 0 amide bonds. The number of allylic oxidation sites excluding steroid dienone is 1. The zero-order valence-corrected chi connectivity index (χ0v) is 16.5. The number of carbonyl (C=O) groups excluding carboxylic acids is 3. The molecule has 0 aromatic carbocycles. The van der Waals surface area contributed by atoms with Crippen LogP contribution in [0.3, 0.4) is 0 Å². The molecule has 0 N–H and O–H groups in total. The molecule has 7 heteroatoms. The highest BCUT2D eigenvalue weighted by Gasteiger charge is 2.72. The van der Waals surface area contributed by atoms with Gasteiger partial charge in [-0.15, -0.1) is 0 Å². The van der Waals surface area contributed by atoms with Crippen LogP contribution in [0.15, 0.2) is 34.7 Å². The van der Waals surface area contributed by atoms with E-state index in [0.29, 0.717) is 24.8 Å². The van der Waals surface area contributed by atoms with E-state index in [-0.39, 0.29) is 42.5 Å². The Morgan fingerprint density at radius 3 is 2.83 bits per heavy atom. The van der Waals surface area contributed by atoms with Crippen LogP contribution in [0.1, 0.15) is 51.2 Å². The normalized spacial score (nSPS) is 40.7. The second-order valence-corrected chi connectivity index (χ2v) is 8.79. The molecule has 2 aliphatic carbocycles. The third kappa shape index (κ3) is 2.33. The van der Waals surface area contributed by atoms with Gasteiger partial charge in [0.1, 0.15) is 18.8 Å². The van der Waals surface area contributed by atoms with Crippen LogP contribution in [0.25, 0.3) is 0 Å². The zero-order valence-electron chi connectivity index (χ0n) is 16.5. The fourth-order valence-electron chi connectivity index (χ4n) is 6.39. The molecule has 0 bridgehead atoms. The van der Waals surface area contributed by atoms with Gasteiger partial charge in [0, 0.05) is 24.5 Å². The Morgan fingerprint density at radius 1 is 1.28 bits per heavy atom. The number of fused-ring (bicyclic) bond motifs is 1. The van der Waals surface area contributed by atoms with Crippen molar-refractivity contribution in [1.82, 2.24) is 0 Å². The zero-order chi connectivity index (χ0) is 20.4. The van der Waals surface area contributed by atoms with E-state index in [1.165, 1.54) is 6.92 Å². The van der Waals surface area contributed by atoms with Gasteiger partial charge in [-0.1, -0.05) is 13.0 Å². The third-order valence-electron chi connectivity index (χ3n) is 7.61. The number of carbonyl (C=O) groups is 3. The summed E-state index contributed by atoms with van der Waals surface area (Å²) in [5.74, 6) is -1.25. The quantitative estimate of drug-likeness (QED) is 0.556. The van der Waals surface area contributed by atoms with Crippen molar-refractivity contribution in [3.63, 3.8) is 0 Å². The maximum Gasteiger partial charge on any atom is 0.334 e. The predicted molar refractivity (Wildman–Crippen MR) is 98.1 cm³/mol. The second kappa shape index (κ2) is 6.21. The summed E-state index contributed by atoms with van der Waals surface area (Å²) >= 11 is 0. The molecule has 2 aliphatic heterocycles. The van der Waals surface area contributed by atoms with Gasteiger partial charge in [-0.2, -0.15) is 0 Å². The van der Waals surface area contributed by atoms with E-state index < -0.39 is 16.9 Å². The first-order valence-corrected chi connectivity index (χ1v) is 10.2. The van der Waals surface area contributed by atoms with Crippen LogP contribution in [-0.4, -0.2) is 30.6 Å². The molecule has 0 radical (unpaired) electrons. The van der Waals surface area contributed by atoms with Crippen LogP contribution in [0.2, 0.25) is 0 Å². The summed E-state index contributed by atoms with van der Waals surface area (Å²) in [7, 11) is 0. The molecule has 0 unspecified atom stereocenters. The first-order valence-electron chi connectivity index (χ1n) is 10.2. The Bertz CT molecular complexity index is 900. The van der Waals surface area contributed by atoms with E-state index in [1.54, 1.807) is 12.5 Å². The van der Waals surface area contributed by atoms with Gasteiger partial charge < -0.3 is 18.6 Å². The van der Waals surface area contributed by atoms with E-state index in [1.807, 2.05) is 19.1 Å². The largest absolute Gasteiger partial charge is 0.472 e. The summed E-state index contributed by atoms with van der Waals surface area (Å²) in [6.45, 7) is 3.54. The molecule has 4 aliphatic rings. The summed E-state index contributed by atoms with van der Waals surface area (Å²) in [4.78, 5) is 37.8. The third-order valence-corrected chi connectivity index (χ3v) is 7.61. The van der Waals surface area contributed by atoms with Gasteiger partial charge in [0.05, 0.1) is 23.4 Å². The molecule has 2 spiro atoms. The molecule has 5 rings (SSSR count). The highest BCUT2D eigenvalue weighted by Crippen LogP contribution is 2.67. The molecule has 3 heterocycles. The Labute approximate surface area is 168 Å². The highest BCUT2D eigenvalue weighted by atomic mass is 16.6. The summed E-state index contributed by atoms with van der Waals surface area (Å²) in [5, 5.41) is 0. The van der Waals surface area contributed by atoms with E-state index in [2.05, 4.69) is 0 Å². The predicted octanol–water partition coefficient (Wildman–Crippen LogP) is 3.11. The molecule has 6 atom stereocenters. The minimum Gasteiger partial charge on any atom is -0.472 e. The molecule has 29 heavy (non-hydrogen) atoms. The minimum atomic E-state index is -0.794. The van der Waals surface area contributed by atoms with Crippen LogP contribution >= 0.6 is 0 Å². The highest BCUT2D eigenvalue weighted by molar-refractivity contribution is 5.94. The lowest BCUT2D eigenvalue weighted by atomic mass is 9.45. The maximum absolute atomic E-state index is 13.4. The van der Waals surface area contributed by atoms with Crippen molar-refractivity contribution in [2.75, 3.05) is 6.61 Å². The van der Waals surface area contributed by atoms with Crippen molar-refractivity contribution in [2.24, 2.45) is 22.7 Å². The molecule has 3 fully saturated rings. The number of cyclic esters (lactones) is 2. The number of hydrogen-bond donors (Lipinski definition) is 0. The number of ether oxygens (including phenoxy) is 3. The Kier molecular flexibility index (Phi) is 3.95. The summed E-state index contributed by atoms with van der Waals surface area (Å²) in [6, 6.07) is 1.82. The van der Waals surface area contributed by atoms with E-state index in [4.69, 9.17) is 18.6 Å². The molecule has 1 aromatic rings. The molecule has 2 saturated heterocycles. The molecule has 1 saturated carbocycles. The SMILES string of the molecule is CC(=O)O[C@@H]1C[C@@H](C)[C@]2(C[C@@H](c3ccoc3)OC2=O)[C@H]2CCC=C3C(=O)OC[C@]321. The number of esters is 3. The van der Waals surface area contributed by atoms with Crippen LogP contribution < -0.4 is 0 Å². The van der Waals surface area contributed by atoms with Crippen molar-refractivity contribution < 1.29 is 33.0 Å². The lowest BCUT2D eigenvalue weighted by Crippen LogP contribution is -2.61. The summed E-state index contributed by atoms with van der Waals surface area (Å²) in [6.07, 6.45) is 6.61. The average Bonchev–Trinajstić information content (AvgIpc) is 3.39. The van der Waals surface area contributed by atoms with Crippen LogP contribution in [-0.2, 0) is 28.6 Å². The molecular weight excluding hydrogens is 376 g/mol. The average molecular weight is 400 g/mol. The molecule has 1 aromatic heterocycles. The van der Waals surface area contributed by atoms with Gasteiger partial charge in [-0.3, -0.25) is 9.59 Å². The first-order chi connectivity index (χ1) is 13.9. The van der Waals surface area contributed by atoms with Gasteiger partial charge in [-0.25, -0.2) is 4.79 Å². The van der Waals surface area contributed by atoms with Crippen LogP contribution in [0.4, 0.5) is 0 Å². The Morgan fingerprint density at radius 2 is 2.10 bits per heavy atom. The van der Waals surface area contributed by atoms with Gasteiger partial charge in [-0.05, 0) is 37.2 Å². The second-order valence-electron chi connectivity index (χ2n) is 8.79. The van der Waals surface area contributed by atoms with E-state index >= 15 is 0 Å². The van der Waals surface area contributed by atoms with Gasteiger partial charge in [0.25, 0.3) is 0 Å². The minimum absolute atomic E-state index is 0.0677. The smallest absolute Gasteiger partial charge is 0.334 e. The van der Waals surface area contributed by atoms with Gasteiger partial charge in [0.15, 0.2) is 0 Å². The maximum atomic E-state index is 13.4. The molecule has 7 nitrogen and oxygen atoms in total. The fourth-order valence-corrected chi connectivity index (χ4v) is 6.39.